The van der Waals surface area contributed by atoms with Crippen LogP contribution in [0.3, 0.4) is 0 Å². The van der Waals surface area contributed by atoms with E-state index < -0.39 is 23.9 Å². The molecule has 0 aromatic rings. The first-order valence-electron chi connectivity index (χ1n) is 4.45. The third kappa shape index (κ3) is 4.95. The zero-order valence-electron chi connectivity index (χ0n) is 9.15. The molecule has 0 heterocycles. The van der Waals surface area contributed by atoms with Crippen molar-refractivity contribution in [3.63, 3.8) is 0 Å². The van der Waals surface area contributed by atoms with Crippen LogP contribution in [0.1, 0.15) is 20.8 Å². The Morgan fingerprint density at radius 1 is 1.38 bits per heavy atom. The molecule has 0 amide bonds. The van der Waals surface area contributed by atoms with Crippen LogP contribution in [0.5, 0.6) is 0 Å². The summed E-state index contributed by atoms with van der Waals surface area (Å²) in [5, 5.41) is 7.12. The Bertz CT molecular complexity index is 315. The largest absolute Gasteiger partial charge is 0.433 e. The van der Waals surface area contributed by atoms with E-state index in [1.807, 2.05) is 0 Å². The summed E-state index contributed by atoms with van der Waals surface area (Å²) in [6.07, 6.45) is 1.83. The Kier molecular flexibility index (Phi) is 5.20. The normalized spacial score (nSPS) is 14.2. The maximum Gasteiger partial charge on any atom is 0.387 e. The molecule has 0 aliphatic carbocycles. The summed E-state index contributed by atoms with van der Waals surface area (Å²) in [5.74, 6) is -3.73. The highest BCUT2D eigenvalue weighted by Gasteiger charge is 2.26. The van der Waals surface area contributed by atoms with Gasteiger partial charge in [-0.05, 0) is 19.9 Å². The van der Waals surface area contributed by atoms with Gasteiger partial charge in [-0.3, -0.25) is 0 Å². The van der Waals surface area contributed by atoms with E-state index in [9.17, 15) is 17.6 Å². The van der Waals surface area contributed by atoms with E-state index in [1.165, 1.54) is 13.8 Å². The Balaban J connectivity index is 5.12. The molecule has 1 N–H and O–H groups in total. The molecule has 0 radical (unpaired) electrons. The number of hydrogen-bond acceptors (Lipinski definition) is 2. The van der Waals surface area contributed by atoms with Crippen molar-refractivity contribution >= 4 is 5.71 Å². The molecule has 0 saturated heterocycles. The Hall–Kier alpha value is -1.33. The van der Waals surface area contributed by atoms with Crippen molar-refractivity contribution in [1.82, 2.24) is 0 Å². The maximum absolute atomic E-state index is 12.9. The topological polar surface area (TPSA) is 33.1 Å². The first-order valence-corrected chi connectivity index (χ1v) is 4.45. The van der Waals surface area contributed by atoms with Crippen molar-refractivity contribution in [2.75, 3.05) is 0 Å². The lowest BCUT2D eigenvalue weighted by atomic mass is 10.1. The second-order valence-electron chi connectivity index (χ2n) is 3.14. The van der Waals surface area contributed by atoms with E-state index in [4.69, 9.17) is 5.41 Å². The number of nitrogens with one attached hydrogen (secondary N) is 1. The van der Waals surface area contributed by atoms with Gasteiger partial charge >= 0.3 is 6.61 Å². The van der Waals surface area contributed by atoms with Gasteiger partial charge in [0, 0.05) is 12.5 Å². The molecule has 6 heteroatoms. The van der Waals surface area contributed by atoms with Crippen molar-refractivity contribution in [1.29, 1.82) is 5.41 Å². The van der Waals surface area contributed by atoms with E-state index in [1.54, 1.807) is 0 Å². The number of ether oxygens (including phenoxy) is 1. The van der Waals surface area contributed by atoms with Crippen molar-refractivity contribution < 1.29 is 22.3 Å². The van der Waals surface area contributed by atoms with Gasteiger partial charge in [-0.1, -0.05) is 6.08 Å². The lowest BCUT2D eigenvalue weighted by Crippen LogP contribution is -2.14. The van der Waals surface area contributed by atoms with Gasteiger partial charge in [0.15, 0.2) is 0 Å². The highest BCUT2D eigenvalue weighted by atomic mass is 19.3. The molecular weight excluding hydrogens is 226 g/mol. The summed E-state index contributed by atoms with van der Waals surface area (Å²) in [5.41, 5.74) is -0.821. The molecular formula is C10H13F4NO. The zero-order chi connectivity index (χ0) is 12.9. The fourth-order valence-electron chi connectivity index (χ4n) is 0.931. The van der Waals surface area contributed by atoms with E-state index in [2.05, 4.69) is 4.74 Å². The van der Waals surface area contributed by atoms with Gasteiger partial charge in [0.2, 0.25) is 0 Å². The molecule has 0 unspecified atom stereocenters. The minimum atomic E-state index is -3.17. The van der Waals surface area contributed by atoms with Crippen LogP contribution in [-0.4, -0.2) is 18.2 Å². The quantitative estimate of drug-likeness (QED) is 0.337. The van der Waals surface area contributed by atoms with Gasteiger partial charge in [0.25, 0.3) is 5.92 Å². The molecule has 0 saturated carbocycles. The Morgan fingerprint density at radius 2 is 1.88 bits per heavy atom. The predicted octanol–water partition coefficient (Wildman–Crippen LogP) is 3.75. The Morgan fingerprint density at radius 3 is 2.12 bits per heavy atom. The highest BCUT2D eigenvalue weighted by molar-refractivity contribution is 5.94. The van der Waals surface area contributed by atoms with E-state index in [0.29, 0.717) is 6.92 Å². The predicted molar refractivity (Wildman–Crippen MR) is 53.0 cm³/mol. The molecule has 92 valence electrons. The smallest absolute Gasteiger partial charge is 0.387 e. The lowest BCUT2D eigenvalue weighted by Gasteiger charge is -2.14. The van der Waals surface area contributed by atoms with Gasteiger partial charge in [-0.15, -0.1) is 0 Å². The van der Waals surface area contributed by atoms with E-state index in [0.717, 1.165) is 12.2 Å². The van der Waals surface area contributed by atoms with Crippen molar-refractivity contribution in [3.8, 4) is 0 Å². The maximum atomic E-state index is 12.9. The number of allylic oxidation sites excluding steroid dienone is 4. The van der Waals surface area contributed by atoms with Crippen LogP contribution in [0.2, 0.25) is 0 Å². The number of rotatable bonds is 5. The standard InChI is InChI=1S/C10H13F4NO/c1-4-7(10(3,13)14)5-8(6(2)15)16-9(11)12/h4-5,9,15H,1-3H3/b7-4+,8-5+,15-6?. The third-order valence-corrected chi connectivity index (χ3v) is 1.69. The van der Waals surface area contributed by atoms with Crippen LogP contribution in [-0.2, 0) is 4.74 Å². The molecule has 0 aliphatic heterocycles. The van der Waals surface area contributed by atoms with Crippen molar-refractivity contribution in [2.45, 2.75) is 33.3 Å². The molecule has 0 aromatic heterocycles. The van der Waals surface area contributed by atoms with Crippen molar-refractivity contribution in [2.24, 2.45) is 0 Å². The molecule has 0 aromatic carbocycles. The van der Waals surface area contributed by atoms with Gasteiger partial charge in [-0.25, -0.2) is 8.78 Å². The summed E-state index contributed by atoms with van der Waals surface area (Å²) < 4.78 is 53.7. The second-order valence-corrected chi connectivity index (χ2v) is 3.14. The fourth-order valence-corrected chi connectivity index (χ4v) is 0.931. The number of hydrogen-bond donors (Lipinski definition) is 1. The molecule has 0 aliphatic rings. The molecule has 0 fully saturated rings. The zero-order valence-corrected chi connectivity index (χ0v) is 9.15. The minimum Gasteiger partial charge on any atom is -0.433 e. The van der Waals surface area contributed by atoms with Crippen LogP contribution < -0.4 is 0 Å². The number of halogens is 4. The summed E-state index contributed by atoms with van der Waals surface area (Å²) in [6.45, 7) is 0.0192. The average Bonchev–Trinajstić information content (AvgIpc) is 2.08. The SMILES string of the molecule is C/C=C(\C=C(\OC(F)F)C(C)=N)C(C)(F)F. The summed E-state index contributed by atoms with van der Waals surface area (Å²) in [7, 11) is 0. The summed E-state index contributed by atoms with van der Waals surface area (Å²) >= 11 is 0. The van der Waals surface area contributed by atoms with Crippen LogP contribution in [0, 0.1) is 5.41 Å². The minimum absolute atomic E-state index is 0.344. The first-order chi connectivity index (χ1) is 7.18. The highest BCUT2D eigenvalue weighted by Crippen LogP contribution is 2.25. The van der Waals surface area contributed by atoms with Crippen LogP contribution in [0.25, 0.3) is 0 Å². The molecule has 16 heavy (non-hydrogen) atoms. The Labute approximate surface area is 91.1 Å². The van der Waals surface area contributed by atoms with E-state index >= 15 is 0 Å². The molecule has 0 bridgehead atoms. The van der Waals surface area contributed by atoms with E-state index in [-0.39, 0.29) is 5.71 Å². The molecule has 2 nitrogen and oxygen atoms in total. The molecule has 0 spiro atoms. The molecule has 0 rings (SSSR count). The monoisotopic (exact) mass is 239 g/mol. The van der Waals surface area contributed by atoms with Crippen LogP contribution in [0.4, 0.5) is 17.6 Å². The van der Waals surface area contributed by atoms with Gasteiger partial charge in [0.05, 0.1) is 5.71 Å². The van der Waals surface area contributed by atoms with Crippen LogP contribution >= 0.6 is 0 Å². The fraction of sp³-hybridized carbons (Fsp3) is 0.500. The van der Waals surface area contributed by atoms with Gasteiger partial charge in [-0.2, -0.15) is 8.78 Å². The average molecular weight is 239 g/mol. The van der Waals surface area contributed by atoms with Crippen LogP contribution in [0.15, 0.2) is 23.5 Å². The lowest BCUT2D eigenvalue weighted by molar-refractivity contribution is -0.0901. The summed E-state index contributed by atoms with van der Waals surface area (Å²) in [6, 6.07) is 0. The number of alkyl halides is 4. The molecule has 0 atom stereocenters. The second kappa shape index (κ2) is 5.67. The van der Waals surface area contributed by atoms with Crippen molar-refractivity contribution in [3.05, 3.63) is 23.5 Å². The first kappa shape index (κ1) is 14.7. The third-order valence-electron chi connectivity index (χ3n) is 1.69. The van der Waals surface area contributed by atoms with Gasteiger partial charge in [0.1, 0.15) is 5.76 Å². The van der Waals surface area contributed by atoms with Gasteiger partial charge < -0.3 is 10.1 Å². The summed E-state index contributed by atoms with van der Waals surface area (Å²) in [4.78, 5) is 0.